The van der Waals surface area contributed by atoms with E-state index in [-0.39, 0.29) is 16.6 Å². The van der Waals surface area contributed by atoms with Gasteiger partial charge in [0.25, 0.3) is 0 Å². The van der Waals surface area contributed by atoms with Crippen LogP contribution in [0, 0.1) is 0 Å². The second kappa shape index (κ2) is 8.43. The lowest BCUT2D eigenvalue weighted by molar-refractivity contribution is 0.392. The Morgan fingerprint density at radius 2 is 1.10 bits per heavy atom. The van der Waals surface area contributed by atoms with E-state index in [1.165, 1.54) is 0 Å². The lowest BCUT2D eigenvalue weighted by Crippen LogP contribution is -2.19. The molecule has 5 heteroatoms. The zero-order valence-electron chi connectivity index (χ0n) is 19.0. The second-order valence-electron chi connectivity index (χ2n) is 9.70. The van der Waals surface area contributed by atoms with Crippen LogP contribution in [-0.4, -0.2) is 5.11 Å². The summed E-state index contributed by atoms with van der Waals surface area (Å²) in [6.07, 6.45) is 0. The van der Waals surface area contributed by atoms with Gasteiger partial charge in [-0.05, 0) is 47.2 Å². The minimum absolute atomic E-state index is 0.242. The Balaban J connectivity index is 2.14. The Morgan fingerprint density at radius 1 is 0.677 bits per heavy atom. The Bertz CT molecular complexity index is 1040. The number of rotatable bonds is 5. The van der Waals surface area contributed by atoms with E-state index in [0.717, 1.165) is 11.1 Å². The number of phenols is 1. The molecular weight excluding hydrogens is 407 g/mol. The molecule has 0 heterocycles. The molecule has 3 aromatic carbocycles. The molecule has 3 aromatic rings. The molecule has 3 rings (SSSR count). The predicted molar refractivity (Wildman–Crippen MR) is 127 cm³/mol. The first-order valence-electron chi connectivity index (χ1n) is 10.4. The highest BCUT2D eigenvalue weighted by Gasteiger charge is 2.33. The highest BCUT2D eigenvalue weighted by molar-refractivity contribution is 7.63. The first kappa shape index (κ1) is 23.0. The number of para-hydroxylation sites is 1. The van der Waals surface area contributed by atoms with Gasteiger partial charge < -0.3 is 14.2 Å². The van der Waals surface area contributed by atoms with Gasteiger partial charge in [-0.25, -0.2) is 4.57 Å². The molecule has 164 valence electrons. The largest absolute Gasteiger partial charge is 0.507 e. The summed E-state index contributed by atoms with van der Waals surface area (Å²) in [6, 6.07) is 21.4. The second-order valence-corrected chi connectivity index (χ2v) is 11.6. The van der Waals surface area contributed by atoms with Crippen molar-refractivity contribution >= 4 is 12.9 Å². The molecule has 1 N–H and O–H groups in total. The SMILES string of the molecule is CC(C)(C)c1cc(OP(=O)(Oc2ccccc2)c2ccccc2)cc(C(C)(C)C)c1O. The molecule has 0 aliphatic carbocycles. The quantitative estimate of drug-likeness (QED) is 0.437. The van der Waals surface area contributed by atoms with E-state index in [1.807, 2.05) is 65.8 Å². The van der Waals surface area contributed by atoms with Crippen molar-refractivity contribution < 1.29 is 18.7 Å². The molecular formula is C26H31O4P. The van der Waals surface area contributed by atoms with Crippen molar-refractivity contribution in [3.8, 4) is 17.2 Å². The summed E-state index contributed by atoms with van der Waals surface area (Å²) in [4.78, 5) is 0. The Kier molecular flexibility index (Phi) is 6.25. The number of hydrogen-bond acceptors (Lipinski definition) is 4. The van der Waals surface area contributed by atoms with Gasteiger partial charge >= 0.3 is 7.60 Å². The standard InChI is InChI=1S/C26H31O4P/c1-25(2,3)22-17-20(18-23(24(22)27)26(4,5)6)30-31(28,21-15-11-8-12-16-21)29-19-13-9-7-10-14-19/h7-18,27H,1-6H3. The average Bonchev–Trinajstić information content (AvgIpc) is 2.69. The van der Waals surface area contributed by atoms with Crippen molar-refractivity contribution in [3.63, 3.8) is 0 Å². The third-order valence-corrected chi connectivity index (χ3v) is 6.80. The van der Waals surface area contributed by atoms with Gasteiger partial charge in [0.05, 0.1) is 5.30 Å². The molecule has 0 fully saturated rings. The molecule has 31 heavy (non-hydrogen) atoms. The Labute approximate surface area is 185 Å². The number of aromatic hydroxyl groups is 1. The molecule has 1 atom stereocenters. The lowest BCUT2D eigenvalue weighted by atomic mass is 9.79. The molecule has 0 aromatic heterocycles. The van der Waals surface area contributed by atoms with E-state index in [9.17, 15) is 9.67 Å². The third-order valence-electron chi connectivity index (χ3n) is 4.97. The molecule has 0 saturated heterocycles. The van der Waals surface area contributed by atoms with Crippen LogP contribution in [0.15, 0.2) is 72.8 Å². The number of hydrogen-bond donors (Lipinski definition) is 1. The molecule has 4 nitrogen and oxygen atoms in total. The maximum absolute atomic E-state index is 14.1. The molecule has 0 aliphatic heterocycles. The molecule has 0 aliphatic rings. The van der Waals surface area contributed by atoms with Crippen LogP contribution in [0.2, 0.25) is 0 Å². The fourth-order valence-corrected chi connectivity index (χ4v) is 4.87. The summed E-state index contributed by atoms with van der Waals surface area (Å²) in [6.45, 7) is 12.1. The Morgan fingerprint density at radius 3 is 1.55 bits per heavy atom. The average molecular weight is 439 g/mol. The van der Waals surface area contributed by atoms with E-state index in [0.29, 0.717) is 16.8 Å². The van der Waals surface area contributed by atoms with Crippen molar-refractivity contribution in [2.45, 2.75) is 52.4 Å². The molecule has 0 saturated carbocycles. The molecule has 0 spiro atoms. The van der Waals surface area contributed by atoms with Gasteiger partial charge in [0.2, 0.25) is 0 Å². The summed E-state index contributed by atoms with van der Waals surface area (Å²) in [5, 5.41) is 11.4. The fourth-order valence-electron chi connectivity index (χ4n) is 3.30. The fraction of sp³-hybridized carbons (Fsp3) is 0.308. The molecule has 0 bridgehead atoms. The smallest absolute Gasteiger partial charge is 0.462 e. The highest BCUT2D eigenvalue weighted by atomic mass is 31.2. The summed E-state index contributed by atoms with van der Waals surface area (Å²) in [5.41, 5.74) is 0.796. The van der Waals surface area contributed by atoms with Gasteiger partial charge in [0.15, 0.2) is 0 Å². The maximum atomic E-state index is 14.1. The normalized spacial score (nSPS) is 14.0. The van der Waals surface area contributed by atoms with E-state index < -0.39 is 7.60 Å². The van der Waals surface area contributed by atoms with Crippen molar-refractivity contribution in [1.29, 1.82) is 0 Å². The van der Waals surface area contributed by atoms with Gasteiger partial charge in [-0.1, -0.05) is 77.9 Å². The van der Waals surface area contributed by atoms with Crippen LogP contribution in [0.25, 0.3) is 0 Å². The van der Waals surface area contributed by atoms with Crippen LogP contribution >= 0.6 is 7.60 Å². The number of phenolic OH excluding ortho intramolecular Hbond substituents is 1. The van der Waals surface area contributed by atoms with Crippen molar-refractivity contribution in [1.82, 2.24) is 0 Å². The van der Waals surface area contributed by atoms with E-state index >= 15 is 0 Å². The summed E-state index contributed by atoms with van der Waals surface area (Å²) < 4.78 is 26.1. The van der Waals surface area contributed by atoms with Gasteiger partial charge in [-0.3, -0.25) is 0 Å². The van der Waals surface area contributed by atoms with E-state index in [1.54, 1.807) is 48.5 Å². The van der Waals surface area contributed by atoms with Crippen LogP contribution in [0.5, 0.6) is 17.2 Å². The summed E-state index contributed by atoms with van der Waals surface area (Å²) in [7, 11) is -3.76. The zero-order valence-corrected chi connectivity index (χ0v) is 19.9. The lowest BCUT2D eigenvalue weighted by Gasteiger charge is -2.29. The Hall–Kier alpha value is -2.71. The summed E-state index contributed by atoms with van der Waals surface area (Å²) in [5.74, 6) is 1.10. The van der Waals surface area contributed by atoms with Crippen LogP contribution in [0.4, 0.5) is 0 Å². The highest BCUT2D eigenvalue weighted by Crippen LogP contribution is 2.50. The predicted octanol–water partition coefficient (Wildman–Crippen LogP) is 6.96. The molecule has 1 unspecified atom stereocenters. The van der Waals surface area contributed by atoms with Gasteiger partial charge in [-0.2, -0.15) is 0 Å². The van der Waals surface area contributed by atoms with Crippen molar-refractivity contribution in [2.24, 2.45) is 0 Å². The molecule has 0 amide bonds. The van der Waals surface area contributed by atoms with Gasteiger partial charge in [-0.15, -0.1) is 0 Å². The minimum Gasteiger partial charge on any atom is -0.507 e. The van der Waals surface area contributed by atoms with Crippen LogP contribution in [0.3, 0.4) is 0 Å². The van der Waals surface area contributed by atoms with Gasteiger partial charge in [0.1, 0.15) is 17.2 Å². The minimum atomic E-state index is -3.76. The maximum Gasteiger partial charge on any atom is 0.462 e. The first-order valence-corrected chi connectivity index (χ1v) is 11.9. The zero-order chi connectivity index (χ0) is 22.9. The van der Waals surface area contributed by atoms with Crippen LogP contribution < -0.4 is 14.4 Å². The monoisotopic (exact) mass is 438 g/mol. The van der Waals surface area contributed by atoms with Gasteiger partial charge in [0, 0.05) is 11.1 Å². The third kappa shape index (κ3) is 5.32. The van der Waals surface area contributed by atoms with E-state index in [4.69, 9.17) is 9.05 Å². The van der Waals surface area contributed by atoms with Crippen LogP contribution in [-0.2, 0) is 15.4 Å². The summed E-state index contributed by atoms with van der Waals surface area (Å²) >= 11 is 0. The first-order chi connectivity index (χ1) is 14.4. The molecule has 0 radical (unpaired) electrons. The topological polar surface area (TPSA) is 55.8 Å². The van der Waals surface area contributed by atoms with Crippen LogP contribution in [0.1, 0.15) is 52.7 Å². The van der Waals surface area contributed by atoms with Crippen molar-refractivity contribution in [2.75, 3.05) is 0 Å². The van der Waals surface area contributed by atoms with E-state index in [2.05, 4.69) is 0 Å². The van der Waals surface area contributed by atoms with Crippen molar-refractivity contribution in [3.05, 3.63) is 83.9 Å². The number of benzene rings is 3.